The minimum atomic E-state index is 0.114. The summed E-state index contributed by atoms with van der Waals surface area (Å²) in [5.41, 5.74) is 7.05. The lowest BCUT2D eigenvalue weighted by atomic mass is 10.0. The van der Waals surface area contributed by atoms with Gasteiger partial charge in [0.1, 0.15) is 5.82 Å². The standard InChI is InChI=1S/C30H32N4O3/c35-29(24-6-8-26(9-7-24)34-13-17-37-18-14-34)20-23-3-10-27-28(19-23)32-30(31-27)25-4-1-22(2-5-25)21-33-11-15-36-16-12-33/h1-10,19H,11-18,20-21H2,(H,31,32). The third-order valence-electron chi connectivity index (χ3n) is 7.21. The highest BCUT2D eigenvalue weighted by Gasteiger charge is 2.14. The van der Waals surface area contributed by atoms with E-state index in [9.17, 15) is 4.79 Å². The van der Waals surface area contributed by atoms with E-state index < -0.39 is 0 Å². The number of nitrogens with zero attached hydrogens (tertiary/aromatic N) is 3. The van der Waals surface area contributed by atoms with Gasteiger partial charge in [-0.25, -0.2) is 4.98 Å². The summed E-state index contributed by atoms with van der Waals surface area (Å²) < 4.78 is 10.9. The topological polar surface area (TPSA) is 70.7 Å². The molecule has 2 fully saturated rings. The molecule has 1 aromatic heterocycles. The number of hydrogen-bond donors (Lipinski definition) is 1. The van der Waals surface area contributed by atoms with E-state index in [2.05, 4.69) is 39.0 Å². The molecule has 37 heavy (non-hydrogen) atoms. The lowest BCUT2D eigenvalue weighted by molar-refractivity contribution is 0.0342. The third kappa shape index (κ3) is 5.59. The van der Waals surface area contributed by atoms with Crippen LogP contribution < -0.4 is 4.90 Å². The highest BCUT2D eigenvalue weighted by Crippen LogP contribution is 2.23. The lowest BCUT2D eigenvalue weighted by Crippen LogP contribution is -2.36. The summed E-state index contributed by atoms with van der Waals surface area (Å²) in [6.07, 6.45) is 0.359. The first-order valence-corrected chi connectivity index (χ1v) is 13.1. The molecule has 3 aromatic carbocycles. The summed E-state index contributed by atoms with van der Waals surface area (Å²) >= 11 is 0. The Morgan fingerprint density at radius 1 is 0.811 bits per heavy atom. The maximum atomic E-state index is 13.0. The van der Waals surface area contributed by atoms with E-state index >= 15 is 0 Å². The fourth-order valence-electron chi connectivity index (χ4n) is 5.06. The Balaban J connectivity index is 1.12. The summed E-state index contributed by atoms with van der Waals surface area (Å²) in [6, 6.07) is 22.6. The van der Waals surface area contributed by atoms with Gasteiger partial charge in [-0.15, -0.1) is 0 Å². The van der Waals surface area contributed by atoms with Crippen LogP contribution in [0.5, 0.6) is 0 Å². The summed E-state index contributed by atoms with van der Waals surface area (Å²) in [7, 11) is 0. The Kier molecular flexibility index (Phi) is 6.99. The SMILES string of the molecule is O=C(Cc1ccc2nc(-c3ccc(CN4CCOCC4)cc3)[nH]c2c1)c1ccc(N2CCOCC2)cc1. The van der Waals surface area contributed by atoms with Crippen molar-refractivity contribution in [3.63, 3.8) is 0 Å². The van der Waals surface area contributed by atoms with Crippen LogP contribution in [-0.4, -0.2) is 73.3 Å². The van der Waals surface area contributed by atoms with Gasteiger partial charge < -0.3 is 19.4 Å². The predicted molar refractivity (Wildman–Crippen MR) is 145 cm³/mol. The average Bonchev–Trinajstić information content (AvgIpc) is 3.38. The number of morpholine rings is 2. The second-order valence-corrected chi connectivity index (χ2v) is 9.77. The number of aromatic amines is 1. The van der Waals surface area contributed by atoms with Crippen LogP contribution in [-0.2, 0) is 22.4 Å². The molecule has 2 aliphatic rings. The summed E-state index contributed by atoms with van der Waals surface area (Å²) in [4.78, 5) is 25.9. The zero-order chi connectivity index (χ0) is 25.0. The van der Waals surface area contributed by atoms with Crippen LogP contribution in [0.2, 0.25) is 0 Å². The molecule has 6 rings (SSSR count). The lowest BCUT2D eigenvalue weighted by Gasteiger charge is -2.28. The molecule has 0 saturated carbocycles. The summed E-state index contributed by atoms with van der Waals surface area (Å²) in [5, 5.41) is 0. The van der Waals surface area contributed by atoms with Crippen LogP contribution in [0.25, 0.3) is 22.4 Å². The third-order valence-corrected chi connectivity index (χ3v) is 7.21. The van der Waals surface area contributed by atoms with Crippen molar-refractivity contribution < 1.29 is 14.3 Å². The highest BCUT2D eigenvalue weighted by molar-refractivity contribution is 5.98. The van der Waals surface area contributed by atoms with Crippen molar-refractivity contribution in [3.8, 4) is 11.4 Å². The molecule has 1 N–H and O–H groups in total. The summed E-state index contributed by atoms with van der Waals surface area (Å²) in [6.45, 7) is 7.80. The number of benzene rings is 3. The largest absolute Gasteiger partial charge is 0.379 e. The molecule has 0 unspecified atom stereocenters. The molecule has 0 atom stereocenters. The zero-order valence-corrected chi connectivity index (χ0v) is 21.0. The first-order chi connectivity index (χ1) is 18.2. The van der Waals surface area contributed by atoms with Crippen molar-refractivity contribution in [3.05, 3.63) is 83.4 Å². The molecule has 4 aromatic rings. The number of anilines is 1. The van der Waals surface area contributed by atoms with Crippen LogP contribution in [0.3, 0.4) is 0 Å². The van der Waals surface area contributed by atoms with Gasteiger partial charge in [0.05, 0.1) is 37.5 Å². The maximum Gasteiger partial charge on any atom is 0.167 e. The van der Waals surface area contributed by atoms with Gasteiger partial charge in [0.15, 0.2) is 5.78 Å². The molecule has 2 aliphatic heterocycles. The number of hydrogen-bond acceptors (Lipinski definition) is 6. The second kappa shape index (κ2) is 10.8. The van der Waals surface area contributed by atoms with Gasteiger partial charge in [-0.2, -0.15) is 0 Å². The number of rotatable bonds is 7. The first-order valence-electron chi connectivity index (χ1n) is 13.1. The predicted octanol–water partition coefficient (Wildman–Crippen LogP) is 4.32. The molecule has 2 saturated heterocycles. The van der Waals surface area contributed by atoms with Gasteiger partial charge >= 0.3 is 0 Å². The molecule has 0 radical (unpaired) electrons. The molecule has 0 spiro atoms. The van der Waals surface area contributed by atoms with E-state index in [-0.39, 0.29) is 5.78 Å². The van der Waals surface area contributed by atoms with Crippen molar-refractivity contribution >= 4 is 22.5 Å². The molecule has 7 heteroatoms. The molecule has 0 aliphatic carbocycles. The Morgan fingerprint density at radius 2 is 1.49 bits per heavy atom. The number of carbonyl (C=O) groups is 1. The minimum absolute atomic E-state index is 0.114. The normalized spacial score (nSPS) is 16.8. The Hall–Kier alpha value is -3.52. The van der Waals surface area contributed by atoms with Gasteiger partial charge in [0.25, 0.3) is 0 Å². The molecular weight excluding hydrogens is 464 g/mol. The van der Waals surface area contributed by atoms with Crippen LogP contribution in [0.4, 0.5) is 5.69 Å². The van der Waals surface area contributed by atoms with Crippen LogP contribution in [0.1, 0.15) is 21.5 Å². The molecule has 0 amide bonds. The minimum Gasteiger partial charge on any atom is -0.379 e. The van der Waals surface area contributed by atoms with Gasteiger partial charge in [-0.05, 0) is 47.5 Å². The number of fused-ring (bicyclic) bond motifs is 1. The van der Waals surface area contributed by atoms with E-state index in [0.717, 1.165) is 98.4 Å². The molecule has 7 nitrogen and oxygen atoms in total. The van der Waals surface area contributed by atoms with Crippen LogP contribution >= 0.6 is 0 Å². The van der Waals surface area contributed by atoms with E-state index in [1.807, 2.05) is 42.5 Å². The number of carbonyl (C=O) groups excluding carboxylic acids is 1. The van der Waals surface area contributed by atoms with Crippen molar-refractivity contribution in [1.29, 1.82) is 0 Å². The maximum absolute atomic E-state index is 13.0. The number of nitrogens with one attached hydrogen (secondary N) is 1. The van der Waals surface area contributed by atoms with Crippen LogP contribution in [0.15, 0.2) is 66.7 Å². The van der Waals surface area contributed by atoms with Crippen molar-refractivity contribution in [2.24, 2.45) is 0 Å². The van der Waals surface area contributed by atoms with Crippen molar-refractivity contribution in [2.45, 2.75) is 13.0 Å². The average molecular weight is 497 g/mol. The fraction of sp³-hybridized carbons (Fsp3) is 0.333. The van der Waals surface area contributed by atoms with Crippen molar-refractivity contribution in [1.82, 2.24) is 14.9 Å². The van der Waals surface area contributed by atoms with Gasteiger partial charge in [0, 0.05) is 56.0 Å². The monoisotopic (exact) mass is 496 g/mol. The smallest absolute Gasteiger partial charge is 0.167 e. The van der Waals surface area contributed by atoms with E-state index in [1.54, 1.807) is 0 Å². The molecule has 0 bridgehead atoms. The second-order valence-electron chi connectivity index (χ2n) is 9.77. The Labute approximate surface area is 217 Å². The van der Waals surface area contributed by atoms with Gasteiger partial charge in [0.2, 0.25) is 0 Å². The van der Waals surface area contributed by atoms with Gasteiger partial charge in [-0.1, -0.05) is 30.3 Å². The number of H-pyrrole nitrogens is 1. The Morgan fingerprint density at radius 3 is 2.22 bits per heavy atom. The first kappa shape index (κ1) is 23.9. The van der Waals surface area contributed by atoms with Crippen LogP contribution in [0, 0.1) is 0 Å². The number of imidazole rings is 1. The number of Topliss-reactive ketones (excluding diaryl/α,β-unsaturated/α-hetero) is 1. The fourth-order valence-corrected chi connectivity index (χ4v) is 5.06. The van der Waals surface area contributed by atoms with Crippen molar-refractivity contribution in [2.75, 3.05) is 57.5 Å². The highest BCUT2D eigenvalue weighted by atomic mass is 16.5. The van der Waals surface area contributed by atoms with E-state index in [0.29, 0.717) is 6.42 Å². The molecular formula is C30H32N4O3. The summed E-state index contributed by atoms with van der Waals surface area (Å²) in [5.74, 6) is 0.957. The zero-order valence-electron chi connectivity index (χ0n) is 21.0. The molecule has 190 valence electrons. The Bertz CT molecular complexity index is 1350. The number of ketones is 1. The van der Waals surface area contributed by atoms with Gasteiger partial charge in [-0.3, -0.25) is 9.69 Å². The van der Waals surface area contributed by atoms with E-state index in [1.165, 1.54) is 5.56 Å². The number of ether oxygens (including phenoxy) is 2. The van der Waals surface area contributed by atoms with E-state index in [4.69, 9.17) is 14.5 Å². The number of aromatic nitrogens is 2. The quantitative estimate of drug-likeness (QED) is 0.384. The molecule has 3 heterocycles.